The lowest BCUT2D eigenvalue weighted by molar-refractivity contribution is -0.385. The summed E-state index contributed by atoms with van der Waals surface area (Å²) in [5, 5.41) is 14.0. The fourth-order valence-corrected chi connectivity index (χ4v) is 2.29. The normalized spacial score (nSPS) is 19.1. The monoisotopic (exact) mass is 265 g/mol. The minimum absolute atomic E-state index is 0.00123. The highest BCUT2D eigenvalue weighted by Gasteiger charge is 2.14. The molecule has 1 aliphatic heterocycles. The number of rotatable bonds is 5. The largest absolute Gasteiger partial charge is 0.477 e. The van der Waals surface area contributed by atoms with Crippen molar-refractivity contribution in [2.24, 2.45) is 5.92 Å². The second-order valence-electron chi connectivity index (χ2n) is 4.92. The Morgan fingerprint density at radius 3 is 3.11 bits per heavy atom. The minimum Gasteiger partial charge on any atom is -0.477 e. The summed E-state index contributed by atoms with van der Waals surface area (Å²) >= 11 is 0. The van der Waals surface area contributed by atoms with Crippen LogP contribution in [0.15, 0.2) is 12.3 Å². The van der Waals surface area contributed by atoms with Gasteiger partial charge in [-0.2, -0.15) is 0 Å². The number of pyridine rings is 1. The average Bonchev–Trinajstić information content (AvgIpc) is 2.41. The number of piperidine rings is 1. The fourth-order valence-electron chi connectivity index (χ4n) is 2.29. The molecule has 0 aromatic carbocycles. The Morgan fingerprint density at radius 2 is 2.47 bits per heavy atom. The van der Waals surface area contributed by atoms with E-state index in [2.05, 4.69) is 10.3 Å². The summed E-state index contributed by atoms with van der Waals surface area (Å²) in [7, 11) is 0. The lowest BCUT2D eigenvalue weighted by Gasteiger charge is -2.22. The SMILES string of the molecule is Cc1cc([N+](=O)[O-])cnc1OCCC1CCCNC1. The third kappa shape index (κ3) is 3.89. The zero-order chi connectivity index (χ0) is 13.7. The molecule has 0 aliphatic carbocycles. The zero-order valence-electron chi connectivity index (χ0n) is 11.1. The van der Waals surface area contributed by atoms with Crippen LogP contribution in [-0.2, 0) is 0 Å². The molecule has 1 unspecified atom stereocenters. The lowest BCUT2D eigenvalue weighted by atomic mass is 9.97. The van der Waals surface area contributed by atoms with Crippen LogP contribution in [0.5, 0.6) is 5.88 Å². The maximum Gasteiger partial charge on any atom is 0.288 e. The number of nitrogens with one attached hydrogen (secondary N) is 1. The van der Waals surface area contributed by atoms with E-state index in [0.717, 1.165) is 19.5 Å². The highest BCUT2D eigenvalue weighted by molar-refractivity contribution is 5.36. The highest BCUT2D eigenvalue weighted by atomic mass is 16.6. The van der Waals surface area contributed by atoms with E-state index >= 15 is 0 Å². The molecule has 1 fully saturated rings. The van der Waals surface area contributed by atoms with Gasteiger partial charge in [0.1, 0.15) is 6.20 Å². The number of ether oxygens (including phenoxy) is 1. The molecule has 0 radical (unpaired) electrons. The first-order chi connectivity index (χ1) is 9.16. The molecule has 1 aliphatic rings. The molecule has 1 atom stereocenters. The van der Waals surface area contributed by atoms with Crippen LogP contribution in [-0.4, -0.2) is 29.6 Å². The Balaban J connectivity index is 1.83. The van der Waals surface area contributed by atoms with Crippen LogP contribution in [0.1, 0.15) is 24.8 Å². The number of hydrogen-bond donors (Lipinski definition) is 1. The quantitative estimate of drug-likeness (QED) is 0.651. The van der Waals surface area contributed by atoms with Crippen LogP contribution in [0.2, 0.25) is 0 Å². The van der Waals surface area contributed by atoms with Gasteiger partial charge >= 0.3 is 0 Å². The van der Waals surface area contributed by atoms with Gasteiger partial charge < -0.3 is 10.1 Å². The average molecular weight is 265 g/mol. The van der Waals surface area contributed by atoms with Crippen molar-refractivity contribution in [1.82, 2.24) is 10.3 Å². The lowest BCUT2D eigenvalue weighted by Crippen LogP contribution is -2.30. The Bertz CT molecular complexity index is 445. The zero-order valence-corrected chi connectivity index (χ0v) is 11.1. The molecule has 1 saturated heterocycles. The molecule has 104 valence electrons. The molecule has 2 heterocycles. The molecule has 0 spiro atoms. The van der Waals surface area contributed by atoms with Crippen molar-refractivity contribution in [1.29, 1.82) is 0 Å². The predicted octanol–water partition coefficient (Wildman–Crippen LogP) is 2.07. The van der Waals surface area contributed by atoms with Crippen LogP contribution < -0.4 is 10.1 Å². The van der Waals surface area contributed by atoms with Crippen molar-refractivity contribution < 1.29 is 9.66 Å². The Labute approximate surface area is 112 Å². The van der Waals surface area contributed by atoms with E-state index in [9.17, 15) is 10.1 Å². The third-order valence-electron chi connectivity index (χ3n) is 3.39. The van der Waals surface area contributed by atoms with Gasteiger partial charge in [0.25, 0.3) is 5.69 Å². The van der Waals surface area contributed by atoms with Gasteiger partial charge in [-0.25, -0.2) is 4.98 Å². The summed E-state index contributed by atoms with van der Waals surface area (Å²) in [6.07, 6.45) is 4.69. The topological polar surface area (TPSA) is 77.3 Å². The Hall–Kier alpha value is -1.69. The smallest absolute Gasteiger partial charge is 0.288 e. The van der Waals surface area contributed by atoms with Gasteiger partial charge in [-0.3, -0.25) is 10.1 Å². The van der Waals surface area contributed by atoms with Gasteiger partial charge in [-0.05, 0) is 45.2 Å². The molecule has 0 bridgehead atoms. The second kappa shape index (κ2) is 6.47. The van der Waals surface area contributed by atoms with Crippen molar-refractivity contribution in [2.75, 3.05) is 19.7 Å². The first-order valence-corrected chi connectivity index (χ1v) is 6.61. The van der Waals surface area contributed by atoms with E-state index in [-0.39, 0.29) is 5.69 Å². The fraction of sp³-hybridized carbons (Fsp3) is 0.615. The van der Waals surface area contributed by atoms with E-state index in [1.54, 1.807) is 6.92 Å². The summed E-state index contributed by atoms with van der Waals surface area (Å²) < 4.78 is 5.61. The minimum atomic E-state index is -0.447. The molecule has 6 nitrogen and oxygen atoms in total. The summed E-state index contributed by atoms with van der Waals surface area (Å²) in [6, 6.07) is 1.49. The van der Waals surface area contributed by atoms with Gasteiger partial charge in [0.05, 0.1) is 11.5 Å². The van der Waals surface area contributed by atoms with Crippen LogP contribution in [0, 0.1) is 23.0 Å². The van der Waals surface area contributed by atoms with Gasteiger partial charge in [0, 0.05) is 11.6 Å². The van der Waals surface area contributed by atoms with Gasteiger partial charge in [0.2, 0.25) is 5.88 Å². The van der Waals surface area contributed by atoms with Crippen molar-refractivity contribution in [3.05, 3.63) is 27.9 Å². The van der Waals surface area contributed by atoms with Gasteiger partial charge in [-0.15, -0.1) is 0 Å². The number of nitro groups is 1. The molecule has 2 rings (SSSR count). The van der Waals surface area contributed by atoms with Crippen molar-refractivity contribution >= 4 is 5.69 Å². The van der Waals surface area contributed by atoms with Gasteiger partial charge in [0.15, 0.2) is 0 Å². The number of hydrogen-bond acceptors (Lipinski definition) is 5. The Kier molecular flexibility index (Phi) is 4.68. The van der Waals surface area contributed by atoms with E-state index in [1.165, 1.54) is 25.1 Å². The van der Waals surface area contributed by atoms with Crippen LogP contribution >= 0.6 is 0 Å². The summed E-state index contributed by atoms with van der Waals surface area (Å²) in [5.41, 5.74) is 0.706. The molecule has 1 aromatic heterocycles. The van der Waals surface area contributed by atoms with Gasteiger partial charge in [-0.1, -0.05) is 0 Å². The first kappa shape index (κ1) is 13.7. The molecule has 19 heavy (non-hydrogen) atoms. The maximum absolute atomic E-state index is 10.6. The molecule has 1 N–H and O–H groups in total. The van der Waals surface area contributed by atoms with Crippen molar-refractivity contribution in [2.45, 2.75) is 26.2 Å². The molecule has 6 heteroatoms. The summed E-state index contributed by atoms with van der Waals surface area (Å²) in [6.45, 7) is 4.55. The Morgan fingerprint density at radius 1 is 1.63 bits per heavy atom. The number of aromatic nitrogens is 1. The third-order valence-corrected chi connectivity index (χ3v) is 3.39. The predicted molar refractivity (Wildman–Crippen MR) is 71.3 cm³/mol. The van der Waals surface area contributed by atoms with E-state index in [0.29, 0.717) is 24.0 Å². The molecule has 1 aromatic rings. The number of aryl methyl sites for hydroxylation is 1. The van der Waals surface area contributed by atoms with Crippen LogP contribution in [0.3, 0.4) is 0 Å². The van der Waals surface area contributed by atoms with E-state index < -0.39 is 4.92 Å². The standard InChI is InChI=1S/C13H19N3O3/c1-10-7-12(16(17)18)9-15-13(10)19-6-4-11-3-2-5-14-8-11/h7,9,11,14H,2-6,8H2,1H3. The highest BCUT2D eigenvalue weighted by Crippen LogP contribution is 2.21. The molecular formula is C13H19N3O3. The number of nitrogens with zero attached hydrogens (tertiary/aromatic N) is 2. The maximum atomic E-state index is 10.6. The van der Waals surface area contributed by atoms with E-state index in [1.807, 2.05) is 0 Å². The molecular weight excluding hydrogens is 246 g/mol. The van der Waals surface area contributed by atoms with Crippen molar-refractivity contribution in [3.63, 3.8) is 0 Å². The first-order valence-electron chi connectivity index (χ1n) is 6.61. The van der Waals surface area contributed by atoms with Crippen LogP contribution in [0.4, 0.5) is 5.69 Å². The van der Waals surface area contributed by atoms with Crippen molar-refractivity contribution in [3.8, 4) is 5.88 Å². The molecule has 0 saturated carbocycles. The molecule has 0 amide bonds. The second-order valence-corrected chi connectivity index (χ2v) is 4.92. The summed E-state index contributed by atoms with van der Waals surface area (Å²) in [5.74, 6) is 1.15. The summed E-state index contributed by atoms with van der Waals surface area (Å²) in [4.78, 5) is 14.2. The van der Waals surface area contributed by atoms with Crippen LogP contribution in [0.25, 0.3) is 0 Å². The van der Waals surface area contributed by atoms with E-state index in [4.69, 9.17) is 4.74 Å².